The van der Waals surface area contributed by atoms with Crippen molar-refractivity contribution in [3.05, 3.63) is 17.5 Å². The van der Waals surface area contributed by atoms with E-state index < -0.39 is 0 Å². The van der Waals surface area contributed by atoms with Gasteiger partial charge in [-0.15, -0.1) is 11.6 Å². The molecular weight excluding hydrogens is 220 g/mol. The lowest BCUT2D eigenvalue weighted by Gasteiger charge is -2.10. The standard InChI is InChI=1S/C13H21ClN2/c1-3-12-9-13(16(4-2)15-12)8-10-5-6-11(14)7-10/h9-11H,3-8H2,1-2H3. The summed E-state index contributed by atoms with van der Waals surface area (Å²) in [5, 5.41) is 5.00. The van der Waals surface area contributed by atoms with Crippen LogP contribution in [0.25, 0.3) is 0 Å². The lowest BCUT2D eigenvalue weighted by Crippen LogP contribution is -2.08. The predicted molar refractivity (Wildman–Crippen MR) is 68.0 cm³/mol. The largest absolute Gasteiger partial charge is 0.270 e. The van der Waals surface area contributed by atoms with Gasteiger partial charge >= 0.3 is 0 Å². The fourth-order valence-corrected chi connectivity index (χ4v) is 3.00. The fraction of sp³-hybridized carbons (Fsp3) is 0.769. The summed E-state index contributed by atoms with van der Waals surface area (Å²) in [5.41, 5.74) is 2.62. The number of aromatic nitrogens is 2. The third kappa shape index (κ3) is 2.60. The fourth-order valence-electron chi connectivity index (χ4n) is 2.62. The van der Waals surface area contributed by atoms with E-state index >= 15 is 0 Å². The van der Waals surface area contributed by atoms with Crippen molar-refractivity contribution < 1.29 is 0 Å². The summed E-state index contributed by atoms with van der Waals surface area (Å²) in [4.78, 5) is 0. The van der Waals surface area contributed by atoms with Crippen LogP contribution in [0.1, 0.15) is 44.5 Å². The molecular formula is C13H21ClN2. The zero-order valence-corrected chi connectivity index (χ0v) is 11.0. The topological polar surface area (TPSA) is 17.8 Å². The summed E-state index contributed by atoms with van der Waals surface area (Å²) in [6.07, 6.45) is 5.84. The first-order valence-electron chi connectivity index (χ1n) is 6.42. The first-order valence-corrected chi connectivity index (χ1v) is 6.86. The molecule has 1 aliphatic rings. The van der Waals surface area contributed by atoms with Crippen LogP contribution in [-0.2, 0) is 19.4 Å². The van der Waals surface area contributed by atoms with E-state index in [0.29, 0.717) is 5.38 Å². The summed E-state index contributed by atoms with van der Waals surface area (Å²) in [6, 6.07) is 2.27. The molecule has 90 valence electrons. The first kappa shape index (κ1) is 12.0. The monoisotopic (exact) mass is 240 g/mol. The van der Waals surface area contributed by atoms with Crippen molar-refractivity contribution in [2.45, 2.75) is 57.9 Å². The van der Waals surface area contributed by atoms with Crippen LogP contribution >= 0.6 is 11.6 Å². The molecule has 0 amide bonds. The van der Waals surface area contributed by atoms with E-state index in [9.17, 15) is 0 Å². The average molecular weight is 241 g/mol. The van der Waals surface area contributed by atoms with Crippen LogP contribution in [-0.4, -0.2) is 15.2 Å². The lowest BCUT2D eigenvalue weighted by atomic mass is 10.0. The molecule has 0 aromatic carbocycles. The maximum absolute atomic E-state index is 6.16. The molecule has 1 aromatic rings. The van der Waals surface area contributed by atoms with E-state index in [0.717, 1.165) is 25.3 Å². The summed E-state index contributed by atoms with van der Waals surface area (Å²) in [7, 11) is 0. The first-order chi connectivity index (χ1) is 7.72. The third-order valence-corrected chi connectivity index (χ3v) is 3.95. The molecule has 0 bridgehead atoms. The molecule has 16 heavy (non-hydrogen) atoms. The van der Waals surface area contributed by atoms with E-state index in [1.807, 2.05) is 0 Å². The van der Waals surface area contributed by atoms with Gasteiger partial charge in [0.1, 0.15) is 0 Å². The molecule has 0 N–H and O–H groups in total. The Morgan fingerprint density at radius 2 is 2.25 bits per heavy atom. The molecule has 1 aliphatic carbocycles. The van der Waals surface area contributed by atoms with Gasteiger partial charge in [0.2, 0.25) is 0 Å². The predicted octanol–water partition coefficient (Wildman–Crippen LogP) is 3.42. The van der Waals surface area contributed by atoms with Gasteiger partial charge in [-0.05, 0) is 51.0 Å². The number of alkyl halides is 1. The maximum atomic E-state index is 6.16. The minimum absolute atomic E-state index is 0.411. The van der Waals surface area contributed by atoms with Gasteiger partial charge in [0, 0.05) is 17.6 Å². The van der Waals surface area contributed by atoms with E-state index in [-0.39, 0.29) is 0 Å². The number of halogens is 1. The zero-order valence-electron chi connectivity index (χ0n) is 10.2. The summed E-state index contributed by atoms with van der Waals surface area (Å²) in [6.45, 7) is 5.30. The second kappa shape index (κ2) is 5.22. The normalized spacial score (nSPS) is 25.2. The Kier molecular flexibility index (Phi) is 3.91. The molecule has 2 nitrogen and oxygen atoms in total. The van der Waals surface area contributed by atoms with Crippen molar-refractivity contribution >= 4 is 11.6 Å². The van der Waals surface area contributed by atoms with Crippen LogP contribution in [0.15, 0.2) is 6.07 Å². The number of hydrogen-bond donors (Lipinski definition) is 0. The molecule has 1 fully saturated rings. The van der Waals surface area contributed by atoms with Crippen LogP contribution in [0.5, 0.6) is 0 Å². The van der Waals surface area contributed by atoms with Crippen LogP contribution in [0.4, 0.5) is 0 Å². The third-order valence-electron chi connectivity index (χ3n) is 3.55. The van der Waals surface area contributed by atoms with Gasteiger partial charge < -0.3 is 0 Å². The SMILES string of the molecule is CCc1cc(CC2CCC(Cl)C2)n(CC)n1. The number of rotatable bonds is 4. The molecule has 0 radical (unpaired) electrons. The highest BCUT2D eigenvalue weighted by atomic mass is 35.5. The molecule has 3 heteroatoms. The highest BCUT2D eigenvalue weighted by Gasteiger charge is 2.24. The Labute approximate surface area is 103 Å². The van der Waals surface area contributed by atoms with Crippen LogP contribution in [0.3, 0.4) is 0 Å². The van der Waals surface area contributed by atoms with Crippen molar-refractivity contribution in [2.24, 2.45) is 5.92 Å². The molecule has 0 saturated heterocycles. The van der Waals surface area contributed by atoms with Gasteiger partial charge in [0.25, 0.3) is 0 Å². The van der Waals surface area contributed by atoms with Crippen molar-refractivity contribution in [3.63, 3.8) is 0 Å². The van der Waals surface area contributed by atoms with E-state index in [1.165, 1.54) is 30.7 Å². The molecule has 2 rings (SSSR count). The van der Waals surface area contributed by atoms with Crippen molar-refractivity contribution in [1.82, 2.24) is 9.78 Å². The molecule has 2 atom stereocenters. The Bertz CT molecular complexity index is 346. The Morgan fingerprint density at radius 3 is 2.81 bits per heavy atom. The lowest BCUT2D eigenvalue weighted by molar-refractivity contribution is 0.507. The highest BCUT2D eigenvalue weighted by Crippen LogP contribution is 2.32. The van der Waals surface area contributed by atoms with Crippen molar-refractivity contribution in [1.29, 1.82) is 0 Å². The smallest absolute Gasteiger partial charge is 0.0624 e. The van der Waals surface area contributed by atoms with Gasteiger partial charge in [0.15, 0.2) is 0 Å². The minimum atomic E-state index is 0.411. The second-order valence-corrected chi connectivity index (χ2v) is 5.39. The van der Waals surface area contributed by atoms with E-state index in [1.54, 1.807) is 0 Å². The second-order valence-electron chi connectivity index (χ2n) is 4.78. The van der Waals surface area contributed by atoms with Gasteiger partial charge in [-0.1, -0.05) is 6.92 Å². The van der Waals surface area contributed by atoms with Gasteiger partial charge in [0.05, 0.1) is 5.69 Å². The van der Waals surface area contributed by atoms with Crippen LogP contribution in [0.2, 0.25) is 0 Å². The minimum Gasteiger partial charge on any atom is -0.270 e. The molecule has 1 aromatic heterocycles. The Morgan fingerprint density at radius 1 is 1.44 bits per heavy atom. The summed E-state index contributed by atoms with van der Waals surface area (Å²) < 4.78 is 2.15. The molecule has 1 saturated carbocycles. The average Bonchev–Trinajstić information content (AvgIpc) is 2.85. The van der Waals surface area contributed by atoms with Gasteiger partial charge in [-0.3, -0.25) is 4.68 Å². The van der Waals surface area contributed by atoms with Gasteiger partial charge in [-0.25, -0.2) is 0 Å². The molecule has 0 spiro atoms. The maximum Gasteiger partial charge on any atom is 0.0624 e. The summed E-state index contributed by atoms with van der Waals surface area (Å²) >= 11 is 6.16. The van der Waals surface area contributed by atoms with Gasteiger partial charge in [-0.2, -0.15) is 5.10 Å². The van der Waals surface area contributed by atoms with Crippen molar-refractivity contribution in [2.75, 3.05) is 0 Å². The zero-order chi connectivity index (χ0) is 11.5. The van der Waals surface area contributed by atoms with E-state index in [4.69, 9.17) is 11.6 Å². The number of nitrogens with zero attached hydrogens (tertiary/aromatic N) is 2. The van der Waals surface area contributed by atoms with Crippen molar-refractivity contribution in [3.8, 4) is 0 Å². The Hall–Kier alpha value is -0.500. The van der Waals surface area contributed by atoms with Crippen LogP contribution < -0.4 is 0 Å². The molecule has 2 unspecified atom stereocenters. The highest BCUT2D eigenvalue weighted by molar-refractivity contribution is 6.20. The van der Waals surface area contributed by atoms with Crippen LogP contribution in [0, 0.1) is 5.92 Å². The molecule has 0 aliphatic heterocycles. The number of aryl methyl sites for hydroxylation is 2. The van der Waals surface area contributed by atoms with E-state index in [2.05, 4.69) is 29.7 Å². The summed E-state index contributed by atoms with van der Waals surface area (Å²) in [5.74, 6) is 0.772. The number of hydrogen-bond acceptors (Lipinski definition) is 1. The quantitative estimate of drug-likeness (QED) is 0.738. The Balaban J connectivity index is 2.05. The molecule has 1 heterocycles.